The molecule has 0 aliphatic heterocycles. The largest absolute Gasteiger partial charge is 0.313 e. The molecule has 0 unspecified atom stereocenters. The van der Waals surface area contributed by atoms with Gasteiger partial charge in [-0.25, -0.2) is 0 Å². The third-order valence-electron chi connectivity index (χ3n) is 1.36. The molecule has 1 N–H and O–H groups in total. The van der Waals surface area contributed by atoms with E-state index in [4.69, 9.17) is 0 Å². The zero-order valence-electron chi connectivity index (χ0n) is 5.51. The van der Waals surface area contributed by atoms with Gasteiger partial charge in [-0.3, -0.25) is 0 Å². The van der Waals surface area contributed by atoms with Gasteiger partial charge in [-0.2, -0.15) is 8.42 Å². The SMILES string of the molecule is O=S(=O)(F)CCNC1CC1. The van der Waals surface area contributed by atoms with Gasteiger partial charge < -0.3 is 5.32 Å². The molecular weight excluding hydrogens is 157 g/mol. The summed E-state index contributed by atoms with van der Waals surface area (Å²) in [5, 5.41) is 2.89. The number of rotatable bonds is 4. The maximum Gasteiger partial charge on any atom is 0.303 e. The van der Waals surface area contributed by atoms with E-state index in [0.29, 0.717) is 6.04 Å². The van der Waals surface area contributed by atoms with Gasteiger partial charge in [-0.1, -0.05) is 0 Å². The van der Waals surface area contributed by atoms with E-state index in [0.717, 1.165) is 12.8 Å². The maximum atomic E-state index is 11.8. The summed E-state index contributed by atoms with van der Waals surface area (Å²) in [6, 6.07) is 0.446. The lowest BCUT2D eigenvalue weighted by Crippen LogP contribution is -2.22. The molecule has 0 atom stereocenters. The Balaban J connectivity index is 2.04. The summed E-state index contributed by atoms with van der Waals surface area (Å²) < 4.78 is 31.6. The van der Waals surface area contributed by atoms with Gasteiger partial charge in [0.25, 0.3) is 0 Å². The fourth-order valence-corrected chi connectivity index (χ4v) is 1.03. The minimum Gasteiger partial charge on any atom is -0.313 e. The predicted molar refractivity (Wildman–Crippen MR) is 35.9 cm³/mol. The molecule has 0 amide bonds. The van der Waals surface area contributed by atoms with E-state index in [1.165, 1.54) is 0 Å². The third kappa shape index (κ3) is 3.79. The van der Waals surface area contributed by atoms with Crippen molar-refractivity contribution in [3.63, 3.8) is 0 Å². The molecule has 1 aliphatic carbocycles. The van der Waals surface area contributed by atoms with Crippen LogP contribution in [0.3, 0.4) is 0 Å². The van der Waals surface area contributed by atoms with Crippen molar-refractivity contribution in [2.45, 2.75) is 18.9 Å². The van der Waals surface area contributed by atoms with E-state index >= 15 is 0 Å². The zero-order chi connectivity index (χ0) is 7.61. The summed E-state index contributed by atoms with van der Waals surface area (Å²) in [6.45, 7) is 0.240. The minimum absolute atomic E-state index is 0.240. The van der Waals surface area contributed by atoms with Crippen molar-refractivity contribution >= 4 is 10.2 Å². The first-order chi connectivity index (χ1) is 4.58. The Hall–Kier alpha value is -0.160. The van der Waals surface area contributed by atoms with Crippen molar-refractivity contribution < 1.29 is 12.3 Å². The normalized spacial score (nSPS) is 19.3. The third-order valence-corrected chi connectivity index (χ3v) is 2.05. The Morgan fingerprint density at radius 2 is 2.10 bits per heavy atom. The van der Waals surface area contributed by atoms with Crippen molar-refractivity contribution in [2.24, 2.45) is 0 Å². The van der Waals surface area contributed by atoms with Crippen LogP contribution in [0.25, 0.3) is 0 Å². The number of hydrogen-bond donors (Lipinski definition) is 1. The van der Waals surface area contributed by atoms with E-state index in [1.54, 1.807) is 0 Å². The van der Waals surface area contributed by atoms with Gasteiger partial charge in [0.05, 0.1) is 5.75 Å². The van der Waals surface area contributed by atoms with Crippen LogP contribution in [0.4, 0.5) is 3.89 Å². The maximum absolute atomic E-state index is 11.8. The summed E-state index contributed by atoms with van der Waals surface area (Å²) >= 11 is 0. The van der Waals surface area contributed by atoms with E-state index in [9.17, 15) is 12.3 Å². The summed E-state index contributed by atoms with van der Waals surface area (Å²) in [4.78, 5) is 0. The van der Waals surface area contributed by atoms with Crippen LogP contribution in [0.15, 0.2) is 0 Å². The van der Waals surface area contributed by atoms with Gasteiger partial charge in [-0.15, -0.1) is 3.89 Å². The van der Waals surface area contributed by atoms with Crippen LogP contribution in [-0.2, 0) is 10.2 Å². The van der Waals surface area contributed by atoms with Crippen molar-refractivity contribution in [1.82, 2.24) is 5.32 Å². The van der Waals surface area contributed by atoms with Crippen LogP contribution < -0.4 is 5.32 Å². The fraction of sp³-hybridized carbons (Fsp3) is 1.00. The topological polar surface area (TPSA) is 46.2 Å². The monoisotopic (exact) mass is 167 g/mol. The molecule has 0 bridgehead atoms. The first kappa shape index (κ1) is 7.94. The van der Waals surface area contributed by atoms with Crippen molar-refractivity contribution in [3.8, 4) is 0 Å². The van der Waals surface area contributed by atoms with Crippen molar-refractivity contribution in [3.05, 3.63) is 0 Å². The molecule has 5 heteroatoms. The second-order valence-corrected chi connectivity index (χ2v) is 3.96. The van der Waals surface area contributed by atoms with Gasteiger partial charge in [0.15, 0.2) is 0 Å². The molecule has 0 saturated heterocycles. The second kappa shape index (κ2) is 2.84. The second-order valence-electron chi connectivity index (χ2n) is 2.47. The lowest BCUT2D eigenvalue weighted by atomic mass is 10.6. The molecule has 10 heavy (non-hydrogen) atoms. The van der Waals surface area contributed by atoms with Crippen LogP contribution in [0.2, 0.25) is 0 Å². The van der Waals surface area contributed by atoms with Gasteiger partial charge in [-0.05, 0) is 12.8 Å². The van der Waals surface area contributed by atoms with Crippen molar-refractivity contribution in [1.29, 1.82) is 0 Å². The molecule has 60 valence electrons. The Labute approximate surface area is 59.8 Å². The van der Waals surface area contributed by atoms with E-state index in [2.05, 4.69) is 5.32 Å². The van der Waals surface area contributed by atoms with Gasteiger partial charge in [0.1, 0.15) is 0 Å². The standard InChI is InChI=1S/C5H10FNO2S/c6-10(8,9)4-3-7-5-1-2-5/h5,7H,1-4H2. The highest BCUT2D eigenvalue weighted by Gasteiger charge is 2.20. The first-order valence-corrected chi connectivity index (χ1v) is 4.79. The molecule has 1 aliphatic rings. The summed E-state index contributed by atoms with van der Waals surface area (Å²) in [5.41, 5.74) is 0. The van der Waals surface area contributed by atoms with Crippen LogP contribution >= 0.6 is 0 Å². The summed E-state index contributed by atoms with van der Waals surface area (Å²) in [5.74, 6) is -0.399. The lowest BCUT2D eigenvalue weighted by Gasteiger charge is -1.96. The molecule has 0 heterocycles. The average molecular weight is 167 g/mol. The molecule has 0 aromatic heterocycles. The highest BCUT2D eigenvalue weighted by molar-refractivity contribution is 7.86. The predicted octanol–water partition coefficient (Wildman–Crippen LogP) is 0.0377. The Morgan fingerprint density at radius 3 is 2.50 bits per heavy atom. The van der Waals surface area contributed by atoms with E-state index in [1.807, 2.05) is 0 Å². The molecule has 1 rings (SSSR count). The summed E-state index contributed by atoms with van der Waals surface area (Å²) in [7, 11) is -4.25. The van der Waals surface area contributed by atoms with Gasteiger partial charge in [0, 0.05) is 12.6 Å². The number of halogens is 1. The smallest absolute Gasteiger partial charge is 0.303 e. The van der Waals surface area contributed by atoms with Gasteiger partial charge in [0.2, 0.25) is 0 Å². The number of nitrogens with one attached hydrogen (secondary N) is 1. The highest BCUT2D eigenvalue weighted by Crippen LogP contribution is 2.17. The molecule has 3 nitrogen and oxygen atoms in total. The molecule has 1 fully saturated rings. The van der Waals surface area contributed by atoms with Gasteiger partial charge >= 0.3 is 10.2 Å². The highest BCUT2D eigenvalue weighted by atomic mass is 32.3. The van der Waals surface area contributed by atoms with E-state index < -0.39 is 16.0 Å². The minimum atomic E-state index is -4.25. The molecule has 0 aromatic carbocycles. The van der Waals surface area contributed by atoms with Crippen LogP contribution in [0.1, 0.15) is 12.8 Å². The molecular formula is C5H10FNO2S. The molecule has 1 saturated carbocycles. The fourth-order valence-electron chi connectivity index (χ4n) is 0.672. The average Bonchev–Trinajstić information content (AvgIpc) is 2.45. The Morgan fingerprint density at radius 1 is 1.50 bits per heavy atom. The van der Waals surface area contributed by atoms with Crippen molar-refractivity contribution in [2.75, 3.05) is 12.3 Å². The summed E-state index contributed by atoms with van der Waals surface area (Å²) in [6.07, 6.45) is 2.18. The zero-order valence-corrected chi connectivity index (χ0v) is 6.32. The Bertz CT molecular complexity index is 198. The quantitative estimate of drug-likeness (QED) is 0.601. The molecule has 0 spiro atoms. The van der Waals surface area contributed by atoms with E-state index in [-0.39, 0.29) is 6.54 Å². The first-order valence-electron chi connectivity index (χ1n) is 3.24. The van der Waals surface area contributed by atoms with Crippen LogP contribution in [0, 0.1) is 0 Å². The molecule has 0 radical (unpaired) electrons. The van der Waals surface area contributed by atoms with Crippen LogP contribution in [0.5, 0.6) is 0 Å². The number of hydrogen-bond acceptors (Lipinski definition) is 3. The lowest BCUT2D eigenvalue weighted by molar-refractivity contribution is 0.547. The Kier molecular flexibility index (Phi) is 2.25. The van der Waals surface area contributed by atoms with Crippen LogP contribution in [-0.4, -0.2) is 26.8 Å². The molecule has 0 aromatic rings.